The lowest BCUT2D eigenvalue weighted by atomic mass is 9.94. The summed E-state index contributed by atoms with van der Waals surface area (Å²) in [6.45, 7) is 9.04. The van der Waals surface area contributed by atoms with E-state index >= 15 is 0 Å². The summed E-state index contributed by atoms with van der Waals surface area (Å²) in [6.07, 6.45) is 4.06. The van der Waals surface area contributed by atoms with Crippen molar-refractivity contribution in [1.82, 2.24) is 14.9 Å². The molecule has 0 bridgehead atoms. The summed E-state index contributed by atoms with van der Waals surface area (Å²) in [4.78, 5) is 17.1. The summed E-state index contributed by atoms with van der Waals surface area (Å²) >= 11 is 0. The van der Waals surface area contributed by atoms with Gasteiger partial charge in [0.2, 0.25) is 0 Å². The highest BCUT2D eigenvalue weighted by atomic mass is 16.6. The van der Waals surface area contributed by atoms with E-state index in [-0.39, 0.29) is 6.10 Å². The predicted octanol–water partition coefficient (Wildman–Crippen LogP) is 3.14. The second-order valence-corrected chi connectivity index (χ2v) is 7.39. The lowest BCUT2D eigenvalue weighted by molar-refractivity contribution is 0.0745. The third-order valence-electron chi connectivity index (χ3n) is 4.97. The molecule has 0 amide bonds. The molecule has 5 nitrogen and oxygen atoms in total. The third-order valence-corrected chi connectivity index (χ3v) is 4.97. The van der Waals surface area contributed by atoms with Crippen LogP contribution in [-0.2, 0) is 11.4 Å². The number of hydrogen-bond donors (Lipinski definition) is 0. The third kappa shape index (κ3) is 3.29. The summed E-state index contributed by atoms with van der Waals surface area (Å²) < 4.78 is 0. The maximum absolute atomic E-state index is 5.71. The molecule has 0 spiro atoms. The number of oxime groups is 1. The normalized spacial score (nSPS) is 22.8. The number of rotatable bonds is 4. The van der Waals surface area contributed by atoms with Crippen LogP contribution in [0.4, 0.5) is 0 Å². The fraction of sp³-hybridized carbons (Fsp3) is 0.450. The van der Waals surface area contributed by atoms with Crippen LogP contribution in [0.2, 0.25) is 0 Å². The lowest BCUT2D eigenvalue weighted by Gasteiger charge is -2.16. The van der Waals surface area contributed by atoms with Gasteiger partial charge in [0, 0.05) is 43.5 Å². The van der Waals surface area contributed by atoms with Gasteiger partial charge in [-0.15, -0.1) is 0 Å². The number of aryl methyl sites for hydroxylation is 1. The molecule has 2 aromatic rings. The second-order valence-electron chi connectivity index (χ2n) is 7.39. The summed E-state index contributed by atoms with van der Waals surface area (Å²) in [5.41, 5.74) is 4.67. The Morgan fingerprint density at radius 2 is 1.84 bits per heavy atom. The van der Waals surface area contributed by atoms with E-state index in [1.165, 1.54) is 11.1 Å². The Morgan fingerprint density at radius 1 is 1.12 bits per heavy atom. The second kappa shape index (κ2) is 6.56. The Balaban J connectivity index is 1.43. The zero-order valence-electron chi connectivity index (χ0n) is 15.0. The molecule has 5 heteroatoms. The van der Waals surface area contributed by atoms with Crippen LogP contribution in [0.25, 0.3) is 0 Å². The van der Waals surface area contributed by atoms with Crippen LogP contribution >= 0.6 is 0 Å². The fourth-order valence-corrected chi connectivity index (χ4v) is 3.54. The maximum Gasteiger partial charge on any atom is 0.149 e. The van der Waals surface area contributed by atoms with Gasteiger partial charge in [0.25, 0.3) is 0 Å². The van der Waals surface area contributed by atoms with Crippen molar-refractivity contribution in [3.8, 4) is 0 Å². The SMILES string of the molecule is Cc1ccc(C2=NO[C@H]3CN(Cc4cnc(C(C)C)nc4)C[C@H]23)cc1. The molecule has 25 heavy (non-hydrogen) atoms. The van der Waals surface area contributed by atoms with Crippen molar-refractivity contribution in [2.24, 2.45) is 11.1 Å². The molecule has 4 rings (SSSR count). The number of fused-ring (bicyclic) bond motifs is 1. The average Bonchev–Trinajstić information content (AvgIpc) is 3.16. The molecule has 3 heterocycles. The molecule has 2 aliphatic heterocycles. The Morgan fingerprint density at radius 3 is 2.52 bits per heavy atom. The van der Waals surface area contributed by atoms with Crippen LogP contribution in [0.3, 0.4) is 0 Å². The van der Waals surface area contributed by atoms with Gasteiger partial charge in [-0.25, -0.2) is 9.97 Å². The smallest absolute Gasteiger partial charge is 0.149 e. The molecule has 1 aromatic heterocycles. The first-order chi connectivity index (χ1) is 12.1. The van der Waals surface area contributed by atoms with Gasteiger partial charge in [0.1, 0.15) is 11.9 Å². The van der Waals surface area contributed by atoms with E-state index in [1.807, 2.05) is 12.4 Å². The van der Waals surface area contributed by atoms with Crippen LogP contribution < -0.4 is 0 Å². The molecule has 0 saturated carbocycles. The number of aromatic nitrogens is 2. The minimum atomic E-state index is 0.159. The largest absolute Gasteiger partial charge is 0.390 e. The highest BCUT2D eigenvalue weighted by molar-refractivity contribution is 6.03. The van der Waals surface area contributed by atoms with Crippen LogP contribution in [0.5, 0.6) is 0 Å². The van der Waals surface area contributed by atoms with Crippen molar-refractivity contribution < 1.29 is 4.84 Å². The van der Waals surface area contributed by atoms with Gasteiger partial charge in [0.05, 0.1) is 11.6 Å². The van der Waals surface area contributed by atoms with Crippen LogP contribution in [0.1, 0.15) is 42.3 Å². The summed E-state index contributed by atoms with van der Waals surface area (Å²) in [5, 5.41) is 4.36. The summed E-state index contributed by atoms with van der Waals surface area (Å²) in [7, 11) is 0. The molecule has 0 N–H and O–H groups in total. The maximum atomic E-state index is 5.71. The molecule has 0 unspecified atom stereocenters. The molecule has 1 saturated heterocycles. The first-order valence-corrected chi connectivity index (χ1v) is 8.94. The molecule has 130 valence electrons. The van der Waals surface area contributed by atoms with Crippen molar-refractivity contribution in [1.29, 1.82) is 0 Å². The Bertz CT molecular complexity index is 767. The van der Waals surface area contributed by atoms with Crippen molar-refractivity contribution in [3.05, 3.63) is 59.2 Å². The van der Waals surface area contributed by atoms with Crippen molar-refractivity contribution in [3.63, 3.8) is 0 Å². The molecular formula is C20H24N4O. The molecule has 2 atom stereocenters. The zero-order chi connectivity index (χ0) is 17.4. The van der Waals surface area contributed by atoms with Gasteiger partial charge in [-0.05, 0) is 12.5 Å². The quantitative estimate of drug-likeness (QED) is 0.861. The highest BCUT2D eigenvalue weighted by Gasteiger charge is 2.42. The molecule has 0 aliphatic carbocycles. The van der Waals surface area contributed by atoms with E-state index < -0.39 is 0 Å². The van der Waals surface area contributed by atoms with Crippen molar-refractivity contribution in [2.75, 3.05) is 13.1 Å². The van der Waals surface area contributed by atoms with Gasteiger partial charge >= 0.3 is 0 Å². The molecule has 1 fully saturated rings. The monoisotopic (exact) mass is 336 g/mol. The Labute approximate surface area is 148 Å². The number of nitrogens with zero attached hydrogens (tertiary/aromatic N) is 4. The molecule has 1 aromatic carbocycles. The number of benzene rings is 1. The van der Waals surface area contributed by atoms with Gasteiger partial charge in [0.15, 0.2) is 0 Å². The molecule has 0 radical (unpaired) electrons. The van der Waals surface area contributed by atoms with Gasteiger partial charge < -0.3 is 4.84 Å². The van der Waals surface area contributed by atoms with Gasteiger partial charge in [-0.1, -0.05) is 48.8 Å². The highest BCUT2D eigenvalue weighted by Crippen LogP contribution is 2.31. The number of likely N-dealkylation sites (tertiary alicyclic amines) is 1. The van der Waals surface area contributed by atoms with Crippen molar-refractivity contribution >= 4 is 5.71 Å². The summed E-state index contributed by atoms with van der Waals surface area (Å²) in [6, 6.07) is 8.54. The van der Waals surface area contributed by atoms with E-state index in [0.29, 0.717) is 11.8 Å². The van der Waals surface area contributed by atoms with E-state index in [2.05, 4.69) is 65.1 Å². The first kappa shape index (κ1) is 16.2. The topological polar surface area (TPSA) is 50.6 Å². The zero-order valence-corrected chi connectivity index (χ0v) is 15.0. The van der Waals surface area contributed by atoms with Crippen LogP contribution in [0.15, 0.2) is 41.8 Å². The fourth-order valence-electron chi connectivity index (χ4n) is 3.54. The first-order valence-electron chi connectivity index (χ1n) is 8.94. The minimum Gasteiger partial charge on any atom is -0.390 e. The van der Waals surface area contributed by atoms with Crippen LogP contribution in [-0.4, -0.2) is 39.8 Å². The van der Waals surface area contributed by atoms with E-state index in [9.17, 15) is 0 Å². The Kier molecular flexibility index (Phi) is 4.25. The molecular weight excluding hydrogens is 312 g/mol. The van der Waals surface area contributed by atoms with Gasteiger partial charge in [-0.2, -0.15) is 0 Å². The number of hydrogen-bond acceptors (Lipinski definition) is 5. The van der Waals surface area contributed by atoms with E-state index in [4.69, 9.17) is 4.84 Å². The van der Waals surface area contributed by atoms with Crippen molar-refractivity contribution in [2.45, 2.75) is 39.3 Å². The minimum absolute atomic E-state index is 0.159. The lowest BCUT2D eigenvalue weighted by Crippen LogP contribution is -2.23. The predicted molar refractivity (Wildman–Crippen MR) is 97.5 cm³/mol. The Hall–Kier alpha value is -2.27. The summed E-state index contributed by atoms with van der Waals surface area (Å²) in [5.74, 6) is 1.61. The van der Waals surface area contributed by atoms with E-state index in [1.54, 1.807) is 0 Å². The average molecular weight is 336 g/mol. The standard InChI is InChI=1S/C20H24N4O/c1-13(2)20-21-8-15(9-22-20)10-24-11-17-18(12-24)25-23-19(17)16-6-4-14(3)5-7-16/h4-9,13,17-18H,10-12H2,1-3H3/t17-,18-/m0/s1. The van der Waals surface area contributed by atoms with Gasteiger partial charge in [-0.3, -0.25) is 4.90 Å². The van der Waals surface area contributed by atoms with E-state index in [0.717, 1.165) is 36.7 Å². The molecule has 2 aliphatic rings. The van der Waals surface area contributed by atoms with Crippen LogP contribution in [0, 0.1) is 12.8 Å².